The molecule has 0 aliphatic rings. The maximum Gasteiger partial charge on any atom is 0.335 e. The summed E-state index contributed by atoms with van der Waals surface area (Å²) in [6, 6.07) is 30.2. The van der Waals surface area contributed by atoms with Gasteiger partial charge in [-0.3, -0.25) is 4.98 Å². The van der Waals surface area contributed by atoms with Gasteiger partial charge in [0.15, 0.2) is 0 Å². The lowest BCUT2D eigenvalue weighted by atomic mass is 9.92. The summed E-state index contributed by atoms with van der Waals surface area (Å²) in [5.41, 5.74) is 8.11. The number of pyridine rings is 1. The van der Waals surface area contributed by atoms with Crippen molar-refractivity contribution in [3.8, 4) is 33.6 Å². The number of rotatable bonds is 7. The average molecular weight is 574 g/mol. The summed E-state index contributed by atoms with van der Waals surface area (Å²) < 4.78 is 24.1. The van der Waals surface area contributed by atoms with E-state index in [9.17, 15) is 18.3 Å². The van der Waals surface area contributed by atoms with Crippen molar-refractivity contribution >= 4 is 37.7 Å². The molecule has 2 heterocycles. The molecular weight excluding hydrogens is 546 g/mol. The fourth-order valence-electron chi connectivity index (χ4n) is 5.28. The van der Waals surface area contributed by atoms with Gasteiger partial charge in [0.05, 0.1) is 39.3 Å². The van der Waals surface area contributed by atoms with E-state index in [2.05, 4.69) is 4.98 Å². The number of nitrogens with zero attached hydrogens (tertiary/aromatic N) is 3. The molecule has 208 valence electrons. The first-order valence-corrected chi connectivity index (χ1v) is 15.5. The van der Waals surface area contributed by atoms with Gasteiger partial charge in [0.1, 0.15) is 9.84 Å². The Morgan fingerprint density at radius 1 is 0.786 bits per heavy atom. The topological polar surface area (TPSA) is 110 Å². The normalized spacial score (nSPS) is 12.4. The zero-order chi connectivity index (χ0) is 29.4. The van der Waals surface area contributed by atoms with E-state index in [1.165, 1.54) is 6.26 Å². The molecule has 0 bridgehead atoms. The molecule has 1 N–H and O–H groups in total. The average Bonchev–Trinajstić information content (AvgIpc) is 2.99. The summed E-state index contributed by atoms with van der Waals surface area (Å²) in [6.45, 7) is 1.92. The van der Waals surface area contributed by atoms with Crippen LogP contribution in [0, 0.1) is 0 Å². The monoisotopic (exact) mass is 573 g/mol. The number of aromatic carboxylic acids is 1. The van der Waals surface area contributed by atoms with E-state index in [1.54, 1.807) is 30.5 Å². The van der Waals surface area contributed by atoms with Gasteiger partial charge in [0.2, 0.25) is 0 Å². The van der Waals surface area contributed by atoms with Gasteiger partial charge in [-0.15, -0.1) is 0 Å². The Balaban J connectivity index is 1.53. The van der Waals surface area contributed by atoms with Crippen molar-refractivity contribution in [3.05, 3.63) is 114 Å². The van der Waals surface area contributed by atoms with Crippen LogP contribution in [0.5, 0.6) is 0 Å². The van der Waals surface area contributed by atoms with Gasteiger partial charge in [0, 0.05) is 34.5 Å². The van der Waals surface area contributed by atoms with Crippen LogP contribution in [0.2, 0.25) is 0 Å². The van der Waals surface area contributed by atoms with Crippen LogP contribution in [0.25, 0.3) is 55.6 Å². The predicted octanol–water partition coefficient (Wildman–Crippen LogP) is 7.03. The van der Waals surface area contributed by atoms with Crippen LogP contribution >= 0.6 is 0 Å². The van der Waals surface area contributed by atoms with E-state index in [-0.39, 0.29) is 17.2 Å². The highest BCUT2D eigenvalue weighted by molar-refractivity contribution is 7.90. The second-order valence-electron chi connectivity index (χ2n) is 10.5. The molecule has 0 saturated carbocycles. The van der Waals surface area contributed by atoms with Gasteiger partial charge in [-0.05, 0) is 65.6 Å². The quantitative estimate of drug-likeness (QED) is 0.218. The van der Waals surface area contributed by atoms with Crippen LogP contribution in [0.1, 0.15) is 28.8 Å². The Morgan fingerprint density at radius 3 is 2.12 bits per heavy atom. The molecule has 0 aliphatic carbocycles. The van der Waals surface area contributed by atoms with Crippen LogP contribution in [0.3, 0.4) is 0 Å². The van der Waals surface area contributed by atoms with Crippen molar-refractivity contribution in [2.75, 3.05) is 12.0 Å². The summed E-state index contributed by atoms with van der Waals surface area (Å²) in [5, 5.41) is 10.3. The van der Waals surface area contributed by atoms with Gasteiger partial charge in [0.25, 0.3) is 0 Å². The number of benzene rings is 4. The predicted molar refractivity (Wildman–Crippen MR) is 166 cm³/mol. The molecular formula is C34H27N3O4S. The van der Waals surface area contributed by atoms with E-state index in [0.29, 0.717) is 11.4 Å². The Morgan fingerprint density at radius 2 is 1.45 bits per heavy atom. The van der Waals surface area contributed by atoms with E-state index in [4.69, 9.17) is 9.97 Å². The Labute approximate surface area is 243 Å². The first-order chi connectivity index (χ1) is 20.2. The van der Waals surface area contributed by atoms with Crippen LogP contribution in [0.15, 0.2) is 103 Å². The zero-order valence-electron chi connectivity index (χ0n) is 23.0. The highest BCUT2D eigenvalue weighted by Crippen LogP contribution is 2.36. The standard InChI is InChI=1S/C34H27N3O4S/c1-21(20-42(2,40)41)27-18-25-9-6-16-35-31(25)28(19-27)24-7-5-8-26(17-24)33-32(22-12-14-23(15-13-22)34(38)39)36-29-10-3-4-11-30(29)37-33/h3-19,21H,20H2,1-2H3,(H,38,39). The van der Waals surface area contributed by atoms with Crippen molar-refractivity contribution in [2.45, 2.75) is 12.8 Å². The summed E-state index contributed by atoms with van der Waals surface area (Å²) in [4.78, 5) is 26.1. The number of hydrogen-bond acceptors (Lipinski definition) is 6. The van der Waals surface area contributed by atoms with Crippen LogP contribution in [-0.4, -0.2) is 46.5 Å². The first-order valence-electron chi connectivity index (χ1n) is 13.4. The summed E-state index contributed by atoms with van der Waals surface area (Å²) in [6.07, 6.45) is 3.01. The fraction of sp³-hybridized carbons (Fsp3) is 0.118. The summed E-state index contributed by atoms with van der Waals surface area (Å²) in [5.74, 6) is -1.14. The van der Waals surface area contributed by atoms with Gasteiger partial charge in [-0.2, -0.15) is 0 Å². The number of hydrogen-bond donors (Lipinski definition) is 1. The molecule has 6 rings (SSSR count). The maximum absolute atomic E-state index is 12.1. The maximum atomic E-state index is 12.1. The number of para-hydroxylation sites is 2. The number of carboxylic acids is 1. The smallest absolute Gasteiger partial charge is 0.335 e. The molecule has 4 aromatic carbocycles. The van der Waals surface area contributed by atoms with Crippen molar-refractivity contribution in [1.29, 1.82) is 0 Å². The molecule has 0 spiro atoms. The molecule has 0 saturated heterocycles. The molecule has 1 unspecified atom stereocenters. The minimum Gasteiger partial charge on any atom is -0.478 e. The van der Waals surface area contributed by atoms with E-state index < -0.39 is 15.8 Å². The number of sulfone groups is 1. The Kier molecular flexibility index (Phi) is 7.00. The summed E-state index contributed by atoms with van der Waals surface area (Å²) >= 11 is 0. The molecule has 0 aliphatic heterocycles. The number of carboxylic acid groups (broad SMARTS) is 1. The SMILES string of the molecule is CC(CS(C)(=O)=O)c1cc(-c2cccc(-c3nc4ccccc4nc3-c3ccc(C(=O)O)cc3)c2)c2ncccc2c1. The van der Waals surface area contributed by atoms with Crippen molar-refractivity contribution in [3.63, 3.8) is 0 Å². The number of aromatic nitrogens is 3. The van der Waals surface area contributed by atoms with Crippen LogP contribution < -0.4 is 0 Å². The molecule has 0 amide bonds. The molecule has 42 heavy (non-hydrogen) atoms. The van der Waals surface area contributed by atoms with Crippen molar-refractivity contribution < 1.29 is 18.3 Å². The largest absolute Gasteiger partial charge is 0.478 e. The lowest BCUT2D eigenvalue weighted by molar-refractivity contribution is 0.0697. The second-order valence-corrected chi connectivity index (χ2v) is 12.7. The second kappa shape index (κ2) is 10.8. The van der Waals surface area contributed by atoms with Gasteiger partial charge in [-0.1, -0.05) is 55.5 Å². The fourth-order valence-corrected chi connectivity index (χ4v) is 6.38. The van der Waals surface area contributed by atoms with E-state index in [0.717, 1.165) is 49.8 Å². The highest BCUT2D eigenvalue weighted by Gasteiger charge is 2.18. The molecule has 1 atom stereocenters. The van der Waals surface area contributed by atoms with Gasteiger partial charge >= 0.3 is 5.97 Å². The number of fused-ring (bicyclic) bond motifs is 2. The molecule has 8 heteroatoms. The molecule has 6 aromatic rings. The third kappa shape index (κ3) is 5.49. The first kappa shape index (κ1) is 27.2. The Bertz CT molecular complexity index is 2090. The third-order valence-corrected chi connectivity index (χ3v) is 8.38. The lowest BCUT2D eigenvalue weighted by Crippen LogP contribution is -2.10. The zero-order valence-corrected chi connectivity index (χ0v) is 23.8. The van der Waals surface area contributed by atoms with Crippen molar-refractivity contribution in [1.82, 2.24) is 15.0 Å². The molecule has 2 aromatic heterocycles. The van der Waals surface area contributed by atoms with E-state index >= 15 is 0 Å². The lowest BCUT2D eigenvalue weighted by Gasteiger charge is -2.16. The molecule has 0 radical (unpaired) electrons. The van der Waals surface area contributed by atoms with Crippen molar-refractivity contribution in [2.24, 2.45) is 0 Å². The van der Waals surface area contributed by atoms with Gasteiger partial charge < -0.3 is 5.11 Å². The van der Waals surface area contributed by atoms with Crippen LogP contribution in [0.4, 0.5) is 0 Å². The van der Waals surface area contributed by atoms with Gasteiger partial charge in [-0.25, -0.2) is 23.2 Å². The number of carbonyl (C=O) groups is 1. The minimum absolute atomic E-state index is 0.0506. The summed E-state index contributed by atoms with van der Waals surface area (Å²) in [7, 11) is -3.17. The van der Waals surface area contributed by atoms with E-state index in [1.807, 2.05) is 79.7 Å². The molecule has 0 fully saturated rings. The Hall–Kier alpha value is -4.95. The minimum atomic E-state index is -3.17. The highest BCUT2D eigenvalue weighted by atomic mass is 32.2. The van der Waals surface area contributed by atoms with Crippen LogP contribution in [-0.2, 0) is 9.84 Å². The third-order valence-electron chi connectivity index (χ3n) is 7.27. The molecule has 7 nitrogen and oxygen atoms in total.